The van der Waals surface area contributed by atoms with Gasteiger partial charge < -0.3 is 15.4 Å². The minimum Gasteiger partial charge on any atom is -0.468 e. The van der Waals surface area contributed by atoms with E-state index in [1.54, 1.807) is 0 Å². The number of nitrogens with zero attached hydrogens (tertiary/aromatic N) is 2. The Kier molecular flexibility index (Phi) is 4.12. The zero-order valence-corrected chi connectivity index (χ0v) is 10.9. The van der Waals surface area contributed by atoms with E-state index in [2.05, 4.69) is 25.3 Å². The number of aromatic nitrogens is 2. The summed E-state index contributed by atoms with van der Waals surface area (Å²) in [7, 11) is 1.35. The highest BCUT2D eigenvalue weighted by Gasteiger charge is 2.08. The van der Waals surface area contributed by atoms with Crippen molar-refractivity contribution in [2.75, 3.05) is 30.8 Å². The first-order chi connectivity index (χ1) is 9.24. The van der Waals surface area contributed by atoms with Crippen LogP contribution < -0.4 is 10.6 Å². The topological polar surface area (TPSA) is 76.1 Å². The van der Waals surface area contributed by atoms with Crippen LogP contribution in [0.5, 0.6) is 0 Å². The average Bonchev–Trinajstić information content (AvgIpc) is 2.44. The largest absolute Gasteiger partial charge is 0.468 e. The Hall–Kier alpha value is -2.37. The highest BCUT2D eigenvalue weighted by Crippen LogP contribution is 2.21. The van der Waals surface area contributed by atoms with Gasteiger partial charge in [0.05, 0.1) is 12.6 Å². The smallest absolute Gasteiger partial charge is 0.325 e. The lowest BCUT2D eigenvalue weighted by atomic mass is 10.2. The van der Waals surface area contributed by atoms with Crippen molar-refractivity contribution < 1.29 is 9.53 Å². The molecule has 0 fully saturated rings. The van der Waals surface area contributed by atoms with E-state index in [-0.39, 0.29) is 12.5 Å². The molecule has 0 saturated carbocycles. The van der Waals surface area contributed by atoms with Crippen molar-refractivity contribution in [3.63, 3.8) is 0 Å². The third kappa shape index (κ3) is 3.09. The number of nitrogens with one attached hydrogen (secondary N) is 2. The predicted octanol–water partition coefficient (Wildman–Crippen LogP) is 1.65. The van der Waals surface area contributed by atoms with Crippen LogP contribution in [-0.2, 0) is 9.53 Å². The summed E-state index contributed by atoms with van der Waals surface area (Å²) in [4.78, 5) is 19.9. The number of fused-ring (bicyclic) bond motifs is 1. The minimum absolute atomic E-state index is 0.0725. The second kappa shape index (κ2) is 5.99. The van der Waals surface area contributed by atoms with Gasteiger partial charge in [0.25, 0.3) is 0 Å². The molecule has 6 heteroatoms. The number of hydrogen-bond acceptors (Lipinski definition) is 6. The first kappa shape index (κ1) is 13.1. The number of hydrogen-bond donors (Lipinski definition) is 2. The Bertz CT molecular complexity index is 586. The quantitative estimate of drug-likeness (QED) is 0.796. The van der Waals surface area contributed by atoms with Gasteiger partial charge in [0.15, 0.2) is 0 Å². The molecular formula is C13H16N4O2. The van der Waals surface area contributed by atoms with Gasteiger partial charge in [0.1, 0.15) is 12.4 Å². The highest BCUT2D eigenvalue weighted by molar-refractivity contribution is 5.91. The fourth-order valence-electron chi connectivity index (χ4n) is 1.68. The van der Waals surface area contributed by atoms with Gasteiger partial charge in [-0.2, -0.15) is 4.98 Å². The van der Waals surface area contributed by atoms with Gasteiger partial charge in [-0.3, -0.25) is 4.79 Å². The van der Waals surface area contributed by atoms with Crippen LogP contribution in [0, 0.1) is 0 Å². The predicted molar refractivity (Wildman–Crippen MR) is 74.2 cm³/mol. The molecule has 1 aromatic heterocycles. The summed E-state index contributed by atoms with van der Waals surface area (Å²) >= 11 is 0. The van der Waals surface area contributed by atoms with E-state index in [1.165, 1.54) is 7.11 Å². The van der Waals surface area contributed by atoms with Crippen molar-refractivity contribution in [2.24, 2.45) is 0 Å². The molecule has 0 aliphatic carbocycles. The van der Waals surface area contributed by atoms with E-state index in [1.807, 2.05) is 31.2 Å². The van der Waals surface area contributed by atoms with Crippen LogP contribution in [0.1, 0.15) is 6.92 Å². The lowest BCUT2D eigenvalue weighted by molar-refractivity contribution is -0.138. The van der Waals surface area contributed by atoms with E-state index >= 15 is 0 Å². The summed E-state index contributed by atoms with van der Waals surface area (Å²) < 4.78 is 4.60. The van der Waals surface area contributed by atoms with Crippen molar-refractivity contribution in [3.8, 4) is 0 Å². The maximum Gasteiger partial charge on any atom is 0.325 e. The zero-order valence-electron chi connectivity index (χ0n) is 10.9. The van der Waals surface area contributed by atoms with E-state index in [4.69, 9.17) is 0 Å². The fraction of sp³-hybridized carbons (Fsp3) is 0.308. The van der Waals surface area contributed by atoms with Crippen LogP contribution in [0.3, 0.4) is 0 Å². The normalized spacial score (nSPS) is 10.2. The second-order valence-corrected chi connectivity index (χ2v) is 3.87. The molecule has 1 heterocycles. The number of carbonyl (C=O) groups is 1. The lowest BCUT2D eigenvalue weighted by Gasteiger charge is -2.10. The Morgan fingerprint density at radius 2 is 2.05 bits per heavy atom. The van der Waals surface area contributed by atoms with Crippen LogP contribution in [0.2, 0.25) is 0 Å². The number of rotatable bonds is 5. The van der Waals surface area contributed by atoms with Gasteiger partial charge in [-0.25, -0.2) is 4.98 Å². The Morgan fingerprint density at radius 3 is 2.79 bits per heavy atom. The maximum atomic E-state index is 11.2. The van der Waals surface area contributed by atoms with Crippen LogP contribution in [0.15, 0.2) is 24.3 Å². The standard InChI is InChI=1S/C13H16N4O2/c1-3-14-13-16-10-7-5-4-6-9(10)12(17-13)15-8-11(18)19-2/h4-7H,3,8H2,1-2H3,(H2,14,15,16,17). The van der Waals surface area contributed by atoms with Gasteiger partial charge in [-0.1, -0.05) is 12.1 Å². The van der Waals surface area contributed by atoms with Gasteiger partial charge in [-0.15, -0.1) is 0 Å². The number of para-hydroxylation sites is 1. The minimum atomic E-state index is -0.340. The number of methoxy groups -OCH3 is 1. The number of esters is 1. The van der Waals surface area contributed by atoms with E-state index in [9.17, 15) is 4.79 Å². The molecule has 0 spiro atoms. The fourth-order valence-corrected chi connectivity index (χ4v) is 1.68. The molecule has 2 N–H and O–H groups in total. The molecule has 0 aliphatic heterocycles. The van der Waals surface area contributed by atoms with Crippen molar-refractivity contribution in [3.05, 3.63) is 24.3 Å². The van der Waals surface area contributed by atoms with Gasteiger partial charge in [0, 0.05) is 11.9 Å². The molecule has 0 amide bonds. The molecule has 0 bridgehead atoms. The van der Waals surface area contributed by atoms with Crippen LogP contribution in [0.25, 0.3) is 10.9 Å². The molecular weight excluding hydrogens is 244 g/mol. The lowest BCUT2D eigenvalue weighted by Crippen LogP contribution is -2.16. The van der Waals surface area contributed by atoms with E-state index < -0.39 is 0 Å². The average molecular weight is 260 g/mol. The molecule has 1 aromatic carbocycles. The second-order valence-electron chi connectivity index (χ2n) is 3.87. The molecule has 0 unspecified atom stereocenters. The Morgan fingerprint density at radius 1 is 1.26 bits per heavy atom. The van der Waals surface area contributed by atoms with Crippen molar-refractivity contribution >= 4 is 28.6 Å². The number of ether oxygens (including phenoxy) is 1. The third-order valence-electron chi connectivity index (χ3n) is 2.57. The molecule has 0 atom stereocenters. The van der Waals surface area contributed by atoms with Crippen molar-refractivity contribution in [1.29, 1.82) is 0 Å². The SMILES string of the molecule is CCNc1nc(NCC(=O)OC)c2ccccc2n1. The number of benzene rings is 1. The first-order valence-electron chi connectivity index (χ1n) is 6.06. The van der Waals surface area contributed by atoms with Gasteiger partial charge in [0.2, 0.25) is 5.95 Å². The molecule has 100 valence electrons. The van der Waals surface area contributed by atoms with E-state index in [0.29, 0.717) is 11.8 Å². The number of anilines is 2. The molecule has 0 saturated heterocycles. The van der Waals surface area contributed by atoms with Crippen molar-refractivity contribution in [1.82, 2.24) is 9.97 Å². The summed E-state index contributed by atoms with van der Waals surface area (Å²) in [5, 5.41) is 6.90. The molecule has 0 aliphatic rings. The molecule has 2 aromatic rings. The summed E-state index contributed by atoms with van der Waals surface area (Å²) in [6, 6.07) is 7.63. The summed E-state index contributed by atoms with van der Waals surface area (Å²) in [5.41, 5.74) is 0.820. The Labute approximate surface area is 111 Å². The molecule has 19 heavy (non-hydrogen) atoms. The first-order valence-corrected chi connectivity index (χ1v) is 6.06. The highest BCUT2D eigenvalue weighted by atomic mass is 16.5. The number of carbonyl (C=O) groups excluding carboxylic acids is 1. The van der Waals surface area contributed by atoms with Crippen molar-refractivity contribution in [2.45, 2.75) is 6.92 Å². The van der Waals surface area contributed by atoms with Gasteiger partial charge in [-0.05, 0) is 19.1 Å². The Balaban J connectivity index is 2.35. The van der Waals surface area contributed by atoms with Crippen LogP contribution >= 0.6 is 0 Å². The molecule has 2 rings (SSSR count). The molecule has 6 nitrogen and oxygen atoms in total. The van der Waals surface area contributed by atoms with Crippen LogP contribution in [0.4, 0.5) is 11.8 Å². The third-order valence-corrected chi connectivity index (χ3v) is 2.57. The van der Waals surface area contributed by atoms with Gasteiger partial charge >= 0.3 is 5.97 Å². The maximum absolute atomic E-state index is 11.2. The summed E-state index contributed by atoms with van der Waals surface area (Å²) in [6.45, 7) is 2.78. The summed E-state index contributed by atoms with van der Waals surface area (Å²) in [5.74, 6) is 0.813. The van der Waals surface area contributed by atoms with Crippen LogP contribution in [-0.4, -0.2) is 36.1 Å². The zero-order chi connectivity index (χ0) is 13.7. The molecule has 0 radical (unpaired) electrons. The monoisotopic (exact) mass is 260 g/mol. The van der Waals surface area contributed by atoms with E-state index in [0.717, 1.165) is 17.4 Å². The summed E-state index contributed by atoms with van der Waals surface area (Å²) in [6.07, 6.45) is 0.